The number of nitrogens with zero attached hydrogens (tertiary/aromatic N) is 3. The van der Waals surface area contributed by atoms with Crippen molar-refractivity contribution in [3.8, 4) is 5.75 Å². The van der Waals surface area contributed by atoms with Crippen molar-refractivity contribution in [1.29, 1.82) is 0 Å². The number of methoxy groups -OCH3 is 1. The topological polar surface area (TPSA) is 68.5 Å². The first kappa shape index (κ1) is 14.5. The maximum atomic E-state index is 12.1. The van der Waals surface area contributed by atoms with Gasteiger partial charge >= 0.3 is 0 Å². The summed E-state index contributed by atoms with van der Waals surface area (Å²) in [6.45, 7) is 4.01. The van der Waals surface area contributed by atoms with E-state index in [1.165, 1.54) is 4.88 Å². The molecule has 0 aliphatic heterocycles. The van der Waals surface area contributed by atoms with Gasteiger partial charge in [-0.2, -0.15) is 4.98 Å². The number of hydrogen-bond acceptors (Lipinski definition) is 5. The molecule has 6 nitrogen and oxygen atoms in total. The highest BCUT2D eigenvalue weighted by atomic mass is 32.1. The van der Waals surface area contributed by atoms with Crippen LogP contribution in [0.4, 0.5) is 5.95 Å². The molecule has 1 amide bonds. The third kappa shape index (κ3) is 2.80. The van der Waals surface area contributed by atoms with Gasteiger partial charge in [0.1, 0.15) is 5.75 Å². The molecule has 0 radical (unpaired) electrons. The van der Waals surface area contributed by atoms with Gasteiger partial charge in [-0.1, -0.05) is 23.5 Å². The molecular formula is C15H16N4O2S. The van der Waals surface area contributed by atoms with Gasteiger partial charge in [0.2, 0.25) is 16.8 Å². The Morgan fingerprint density at radius 3 is 2.68 bits per heavy atom. The Bertz CT molecular complexity index is 820. The number of aromatic nitrogens is 3. The number of nitrogens with one attached hydrogen (secondary N) is 1. The molecule has 0 bridgehead atoms. The van der Waals surface area contributed by atoms with Crippen LogP contribution in [0.1, 0.15) is 16.1 Å². The number of amides is 1. The smallest absolute Gasteiger partial charge is 0.250 e. The lowest BCUT2D eigenvalue weighted by Gasteiger charge is -2.03. The van der Waals surface area contributed by atoms with Crippen LogP contribution >= 0.6 is 11.3 Å². The summed E-state index contributed by atoms with van der Waals surface area (Å²) in [6.07, 6.45) is 0.273. The van der Waals surface area contributed by atoms with E-state index in [0.717, 1.165) is 22.0 Å². The Kier molecular flexibility index (Phi) is 3.81. The van der Waals surface area contributed by atoms with Gasteiger partial charge in [0.15, 0.2) is 0 Å². The lowest BCUT2D eigenvalue weighted by molar-refractivity contribution is -0.115. The molecule has 1 N–H and O–H groups in total. The number of anilines is 1. The van der Waals surface area contributed by atoms with Crippen LogP contribution in [0.15, 0.2) is 24.3 Å². The van der Waals surface area contributed by atoms with Gasteiger partial charge in [-0.3, -0.25) is 10.1 Å². The molecule has 0 aliphatic rings. The Balaban J connectivity index is 1.69. The summed E-state index contributed by atoms with van der Waals surface area (Å²) >= 11 is 1.56. The number of carbonyl (C=O) groups excluding carboxylic acids is 1. The predicted octanol–water partition coefficient (Wildman–Crippen LogP) is 2.60. The maximum absolute atomic E-state index is 12.1. The van der Waals surface area contributed by atoms with Gasteiger partial charge in [-0.25, -0.2) is 4.52 Å². The average molecular weight is 316 g/mol. The summed E-state index contributed by atoms with van der Waals surface area (Å²) in [5.74, 6) is 0.969. The Labute approximate surface area is 131 Å². The second-order valence-electron chi connectivity index (χ2n) is 4.95. The number of fused-ring (bicyclic) bond motifs is 1. The van der Waals surface area contributed by atoms with E-state index >= 15 is 0 Å². The second kappa shape index (κ2) is 5.76. The summed E-state index contributed by atoms with van der Waals surface area (Å²) < 4.78 is 6.85. The monoisotopic (exact) mass is 316 g/mol. The van der Waals surface area contributed by atoms with Crippen LogP contribution in [-0.4, -0.2) is 27.6 Å². The van der Waals surface area contributed by atoms with E-state index in [1.807, 2.05) is 38.1 Å². The van der Waals surface area contributed by atoms with Crippen molar-refractivity contribution in [3.05, 3.63) is 40.4 Å². The van der Waals surface area contributed by atoms with E-state index in [9.17, 15) is 4.79 Å². The summed E-state index contributed by atoms with van der Waals surface area (Å²) in [7, 11) is 1.61. The molecule has 2 aromatic heterocycles. The highest BCUT2D eigenvalue weighted by Crippen LogP contribution is 2.21. The quantitative estimate of drug-likeness (QED) is 0.803. The summed E-state index contributed by atoms with van der Waals surface area (Å²) in [5, 5.41) is 7.04. The summed E-state index contributed by atoms with van der Waals surface area (Å²) in [5.41, 5.74) is 1.95. The molecule has 0 atom stereocenters. The third-order valence-electron chi connectivity index (χ3n) is 3.42. The van der Waals surface area contributed by atoms with Crippen LogP contribution in [0.5, 0.6) is 5.75 Å². The van der Waals surface area contributed by atoms with Crippen molar-refractivity contribution in [2.24, 2.45) is 0 Å². The van der Waals surface area contributed by atoms with Crippen LogP contribution in [0.2, 0.25) is 0 Å². The van der Waals surface area contributed by atoms with Crippen LogP contribution < -0.4 is 10.1 Å². The van der Waals surface area contributed by atoms with Gasteiger partial charge in [-0.05, 0) is 31.5 Å². The van der Waals surface area contributed by atoms with Crippen molar-refractivity contribution in [3.63, 3.8) is 0 Å². The van der Waals surface area contributed by atoms with Crippen molar-refractivity contribution in [2.45, 2.75) is 20.3 Å². The Morgan fingerprint density at radius 1 is 1.32 bits per heavy atom. The zero-order valence-electron chi connectivity index (χ0n) is 12.6. The molecule has 0 saturated heterocycles. The minimum atomic E-state index is -0.141. The number of hydrogen-bond donors (Lipinski definition) is 1. The number of aryl methyl sites for hydroxylation is 2. The van der Waals surface area contributed by atoms with Crippen molar-refractivity contribution >= 4 is 28.2 Å². The number of carbonyl (C=O) groups is 1. The standard InChI is InChI=1S/C15H16N4O2S/c1-9-10(2)22-15-17-14(18-19(9)15)16-13(20)8-11-4-6-12(21-3)7-5-11/h4-7H,8H2,1-3H3,(H,16,18,20). The van der Waals surface area contributed by atoms with Crippen molar-refractivity contribution < 1.29 is 9.53 Å². The number of ether oxygens (including phenoxy) is 1. The van der Waals surface area contributed by atoms with E-state index in [1.54, 1.807) is 23.0 Å². The summed E-state index contributed by atoms with van der Waals surface area (Å²) in [4.78, 5) is 18.3. The molecule has 114 valence electrons. The SMILES string of the molecule is COc1ccc(CC(=O)Nc2nc3sc(C)c(C)n3n2)cc1. The van der Waals surface area contributed by atoms with Crippen LogP contribution in [0.25, 0.3) is 4.96 Å². The fourth-order valence-corrected chi connectivity index (χ4v) is 3.00. The highest BCUT2D eigenvalue weighted by Gasteiger charge is 2.12. The zero-order valence-corrected chi connectivity index (χ0v) is 13.4. The molecule has 22 heavy (non-hydrogen) atoms. The fraction of sp³-hybridized carbons (Fsp3) is 0.267. The average Bonchev–Trinajstić information content (AvgIpc) is 2.99. The minimum Gasteiger partial charge on any atom is -0.497 e. The Hall–Kier alpha value is -2.41. The van der Waals surface area contributed by atoms with E-state index in [4.69, 9.17) is 4.74 Å². The number of thiazole rings is 1. The van der Waals surface area contributed by atoms with Crippen LogP contribution in [0.3, 0.4) is 0 Å². The predicted molar refractivity (Wildman–Crippen MR) is 85.7 cm³/mol. The molecule has 3 rings (SSSR count). The van der Waals surface area contributed by atoms with Crippen LogP contribution in [0, 0.1) is 13.8 Å². The second-order valence-corrected chi connectivity index (χ2v) is 6.13. The first-order valence-corrected chi connectivity index (χ1v) is 7.64. The van der Waals surface area contributed by atoms with Gasteiger partial charge in [0.05, 0.1) is 19.2 Å². The van der Waals surface area contributed by atoms with Gasteiger partial charge in [0.25, 0.3) is 0 Å². The zero-order chi connectivity index (χ0) is 15.7. The number of rotatable bonds is 4. The van der Waals surface area contributed by atoms with E-state index in [-0.39, 0.29) is 12.3 Å². The van der Waals surface area contributed by atoms with Gasteiger partial charge < -0.3 is 4.74 Å². The molecule has 1 aromatic carbocycles. The molecule has 7 heteroatoms. The molecule has 3 aromatic rings. The molecule has 0 unspecified atom stereocenters. The van der Waals surface area contributed by atoms with E-state index < -0.39 is 0 Å². The molecule has 0 spiro atoms. The van der Waals surface area contributed by atoms with Crippen molar-refractivity contribution in [2.75, 3.05) is 12.4 Å². The lowest BCUT2D eigenvalue weighted by atomic mass is 10.1. The first-order chi connectivity index (χ1) is 10.6. The molecule has 2 heterocycles. The minimum absolute atomic E-state index is 0.141. The lowest BCUT2D eigenvalue weighted by Crippen LogP contribution is -2.15. The summed E-state index contributed by atoms with van der Waals surface area (Å²) in [6, 6.07) is 7.40. The Morgan fingerprint density at radius 2 is 2.05 bits per heavy atom. The van der Waals surface area contributed by atoms with E-state index in [2.05, 4.69) is 15.4 Å². The molecular weight excluding hydrogens is 300 g/mol. The molecule has 0 fully saturated rings. The highest BCUT2D eigenvalue weighted by molar-refractivity contribution is 7.17. The third-order valence-corrected chi connectivity index (χ3v) is 4.47. The fourth-order valence-electron chi connectivity index (χ4n) is 2.09. The molecule has 0 aliphatic carbocycles. The van der Waals surface area contributed by atoms with Gasteiger partial charge in [0, 0.05) is 4.88 Å². The first-order valence-electron chi connectivity index (χ1n) is 6.82. The normalized spacial score (nSPS) is 10.9. The largest absolute Gasteiger partial charge is 0.497 e. The van der Waals surface area contributed by atoms with E-state index in [0.29, 0.717) is 5.95 Å². The van der Waals surface area contributed by atoms with Crippen molar-refractivity contribution in [1.82, 2.24) is 14.6 Å². The molecule has 0 saturated carbocycles. The van der Waals surface area contributed by atoms with Gasteiger partial charge in [-0.15, -0.1) is 5.10 Å². The van der Waals surface area contributed by atoms with Crippen LogP contribution in [-0.2, 0) is 11.2 Å². The number of benzene rings is 1. The maximum Gasteiger partial charge on any atom is 0.250 e.